The molecule has 0 amide bonds. The number of furan rings is 1. The van der Waals surface area contributed by atoms with E-state index in [0.29, 0.717) is 6.04 Å². The monoisotopic (exact) mass is 293 g/mol. The molecule has 0 saturated carbocycles. The molecule has 1 saturated heterocycles. The quantitative estimate of drug-likeness (QED) is 0.904. The molecule has 1 aliphatic rings. The zero-order valence-corrected chi connectivity index (χ0v) is 14.3. The summed E-state index contributed by atoms with van der Waals surface area (Å²) in [6.07, 6.45) is 0. The van der Waals surface area contributed by atoms with Crippen molar-refractivity contribution in [3.05, 3.63) is 23.7 Å². The van der Waals surface area contributed by atoms with Gasteiger partial charge in [0, 0.05) is 37.8 Å². The molecule has 0 radical (unpaired) electrons. The molecule has 1 aromatic heterocycles. The summed E-state index contributed by atoms with van der Waals surface area (Å²) in [4.78, 5) is 5.02. The lowest BCUT2D eigenvalue weighted by molar-refractivity contribution is 0.0987. The predicted molar refractivity (Wildman–Crippen MR) is 87.3 cm³/mol. The van der Waals surface area contributed by atoms with Crippen LogP contribution in [0.4, 0.5) is 0 Å². The molecule has 0 bridgehead atoms. The van der Waals surface area contributed by atoms with E-state index in [1.54, 1.807) is 0 Å². The lowest BCUT2D eigenvalue weighted by Crippen LogP contribution is -2.48. The highest BCUT2D eigenvalue weighted by molar-refractivity contribution is 5.07. The van der Waals surface area contributed by atoms with Gasteiger partial charge < -0.3 is 9.73 Å². The number of hydrogen-bond acceptors (Lipinski definition) is 4. The molecule has 1 fully saturated rings. The Morgan fingerprint density at radius 2 is 1.71 bits per heavy atom. The summed E-state index contributed by atoms with van der Waals surface area (Å²) < 4.78 is 5.94. The maximum Gasteiger partial charge on any atom is 0.118 e. The van der Waals surface area contributed by atoms with Crippen LogP contribution in [-0.4, -0.2) is 47.6 Å². The Balaban J connectivity index is 1.78. The fourth-order valence-corrected chi connectivity index (χ4v) is 2.61. The molecular weight excluding hydrogens is 262 g/mol. The minimum Gasteiger partial charge on any atom is -0.463 e. The van der Waals surface area contributed by atoms with E-state index in [1.165, 1.54) is 0 Å². The number of hydrogen-bond donors (Lipinski definition) is 1. The second-order valence-corrected chi connectivity index (χ2v) is 7.38. The fraction of sp³-hybridized carbons (Fsp3) is 0.765. The number of rotatable bonds is 5. The standard InChI is InChI=1S/C17H31N3O/c1-14(2)20-10-8-19(9-11-20)13-16-7-6-15(21-16)12-18-17(3,4)5/h6-7,14,18H,8-13H2,1-5H3. The van der Waals surface area contributed by atoms with Crippen molar-refractivity contribution in [3.63, 3.8) is 0 Å². The van der Waals surface area contributed by atoms with Crippen LogP contribution in [0.2, 0.25) is 0 Å². The lowest BCUT2D eigenvalue weighted by atomic mass is 10.1. The van der Waals surface area contributed by atoms with E-state index in [9.17, 15) is 0 Å². The third-order valence-electron chi connectivity index (χ3n) is 4.03. The first kappa shape index (κ1) is 16.5. The molecule has 0 aliphatic carbocycles. The van der Waals surface area contributed by atoms with Crippen LogP contribution in [0.15, 0.2) is 16.5 Å². The highest BCUT2D eigenvalue weighted by Gasteiger charge is 2.19. The molecule has 120 valence electrons. The average molecular weight is 293 g/mol. The van der Waals surface area contributed by atoms with Crippen LogP contribution in [0.5, 0.6) is 0 Å². The van der Waals surface area contributed by atoms with Crippen LogP contribution in [-0.2, 0) is 13.1 Å². The summed E-state index contributed by atoms with van der Waals surface area (Å²) in [6.45, 7) is 17.4. The Kier molecular flexibility index (Phi) is 5.47. The second kappa shape index (κ2) is 6.95. The Hall–Kier alpha value is -0.840. The third-order valence-corrected chi connectivity index (χ3v) is 4.03. The molecule has 21 heavy (non-hydrogen) atoms. The second-order valence-electron chi connectivity index (χ2n) is 7.38. The molecule has 0 spiro atoms. The van der Waals surface area contributed by atoms with Crippen molar-refractivity contribution in [2.24, 2.45) is 0 Å². The first-order chi connectivity index (χ1) is 9.83. The summed E-state index contributed by atoms with van der Waals surface area (Å²) in [5.41, 5.74) is 0.125. The molecule has 0 aromatic carbocycles. The van der Waals surface area contributed by atoms with Gasteiger partial charge in [-0.15, -0.1) is 0 Å². The predicted octanol–water partition coefficient (Wildman–Crippen LogP) is 2.69. The van der Waals surface area contributed by atoms with Crippen LogP contribution in [0.25, 0.3) is 0 Å². The van der Waals surface area contributed by atoms with E-state index < -0.39 is 0 Å². The smallest absolute Gasteiger partial charge is 0.118 e. The van der Waals surface area contributed by atoms with Crippen molar-refractivity contribution in [2.45, 2.75) is 59.3 Å². The summed E-state index contributed by atoms with van der Waals surface area (Å²) >= 11 is 0. The summed E-state index contributed by atoms with van der Waals surface area (Å²) in [6, 6.07) is 4.87. The first-order valence-corrected chi connectivity index (χ1v) is 8.12. The van der Waals surface area contributed by atoms with Crippen molar-refractivity contribution >= 4 is 0 Å². The van der Waals surface area contributed by atoms with Gasteiger partial charge in [-0.1, -0.05) is 0 Å². The van der Waals surface area contributed by atoms with Crippen molar-refractivity contribution in [1.82, 2.24) is 15.1 Å². The topological polar surface area (TPSA) is 31.6 Å². The summed E-state index contributed by atoms with van der Waals surface area (Å²) in [5.74, 6) is 2.11. The molecule has 1 aromatic rings. The third kappa shape index (κ3) is 5.46. The zero-order chi connectivity index (χ0) is 15.5. The van der Waals surface area contributed by atoms with Crippen LogP contribution in [0, 0.1) is 0 Å². The number of nitrogens with zero attached hydrogens (tertiary/aromatic N) is 2. The Bertz CT molecular complexity index is 425. The summed E-state index contributed by atoms with van der Waals surface area (Å²) in [5, 5.41) is 3.46. The van der Waals surface area contributed by atoms with Crippen molar-refractivity contribution in [2.75, 3.05) is 26.2 Å². The molecule has 4 heteroatoms. The van der Waals surface area contributed by atoms with Gasteiger partial charge in [0.05, 0.1) is 13.1 Å². The molecular formula is C17H31N3O. The van der Waals surface area contributed by atoms with Crippen LogP contribution in [0.3, 0.4) is 0 Å². The van der Waals surface area contributed by atoms with Gasteiger partial charge in [0.1, 0.15) is 11.5 Å². The minimum absolute atomic E-state index is 0.125. The molecule has 1 aliphatic heterocycles. The van der Waals surface area contributed by atoms with Gasteiger partial charge in [-0.25, -0.2) is 0 Å². The van der Waals surface area contributed by atoms with Crippen molar-refractivity contribution in [1.29, 1.82) is 0 Å². The van der Waals surface area contributed by atoms with Gasteiger partial charge in [-0.3, -0.25) is 9.80 Å². The molecule has 2 rings (SSSR count). The molecule has 1 N–H and O–H groups in total. The van der Waals surface area contributed by atoms with Gasteiger partial charge >= 0.3 is 0 Å². The van der Waals surface area contributed by atoms with Gasteiger partial charge in [0.25, 0.3) is 0 Å². The van der Waals surface area contributed by atoms with E-state index in [-0.39, 0.29) is 5.54 Å². The van der Waals surface area contributed by atoms with Crippen LogP contribution in [0.1, 0.15) is 46.1 Å². The number of piperazine rings is 1. The first-order valence-electron chi connectivity index (χ1n) is 8.12. The van der Waals surface area contributed by atoms with Crippen molar-refractivity contribution < 1.29 is 4.42 Å². The maximum atomic E-state index is 5.94. The average Bonchev–Trinajstić information content (AvgIpc) is 2.84. The van der Waals surface area contributed by atoms with E-state index in [2.05, 4.69) is 61.9 Å². The van der Waals surface area contributed by atoms with E-state index >= 15 is 0 Å². The molecule has 2 heterocycles. The molecule has 4 nitrogen and oxygen atoms in total. The van der Waals surface area contributed by atoms with Gasteiger partial charge in [-0.2, -0.15) is 0 Å². The summed E-state index contributed by atoms with van der Waals surface area (Å²) in [7, 11) is 0. The highest BCUT2D eigenvalue weighted by Crippen LogP contribution is 2.14. The molecule has 0 atom stereocenters. The van der Waals surface area contributed by atoms with Crippen LogP contribution < -0.4 is 5.32 Å². The van der Waals surface area contributed by atoms with Gasteiger partial charge in [0.2, 0.25) is 0 Å². The Morgan fingerprint density at radius 3 is 2.29 bits per heavy atom. The van der Waals surface area contributed by atoms with E-state index in [0.717, 1.165) is 50.8 Å². The van der Waals surface area contributed by atoms with Crippen molar-refractivity contribution in [3.8, 4) is 0 Å². The Labute approximate surface area is 129 Å². The fourth-order valence-electron chi connectivity index (χ4n) is 2.61. The van der Waals surface area contributed by atoms with Crippen LogP contribution >= 0.6 is 0 Å². The zero-order valence-electron chi connectivity index (χ0n) is 14.3. The molecule has 0 unspecified atom stereocenters. The van der Waals surface area contributed by atoms with Gasteiger partial charge in [-0.05, 0) is 46.8 Å². The lowest BCUT2D eigenvalue weighted by Gasteiger charge is -2.36. The largest absolute Gasteiger partial charge is 0.463 e. The highest BCUT2D eigenvalue weighted by atomic mass is 16.3. The van der Waals surface area contributed by atoms with E-state index in [1.807, 2.05) is 0 Å². The number of nitrogens with one attached hydrogen (secondary N) is 1. The Morgan fingerprint density at radius 1 is 1.10 bits per heavy atom. The van der Waals surface area contributed by atoms with Gasteiger partial charge in [0.15, 0.2) is 0 Å². The maximum absolute atomic E-state index is 5.94. The SMILES string of the molecule is CC(C)N1CCN(Cc2ccc(CNC(C)(C)C)o2)CC1. The van der Waals surface area contributed by atoms with E-state index in [4.69, 9.17) is 4.42 Å². The normalized spacial score (nSPS) is 18.6. The minimum atomic E-state index is 0.125.